The molecule has 3 rings (SSSR count). The van der Waals surface area contributed by atoms with Gasteiger partial charge < -0.3 is 5.73 Å². The Balaban J connectivity index is 2.06. The molecule has 0 saturated carbocycles. The van der Waals surface area contributed by atoms with Crippen LogP contribution in [0, 0.1) is 0 Å². The van der Waals surface area contributed by atoms with Gasteiger partial charge in [-0.2, -0.15) is 0 Å². The predicted octanol–water partition coefficient (Wildman–Crippen LogP) is 5.28. The highest BCUT2D eigenvalue weighted by molar-refractivity contribution is 7.99. The SMILES string of the molecule is Nc1ccc(Sc2ccc(Cl)c(Cl)c2)c2cccnc12. The lowest BCUT2D eigenvalue weighted by Gasteiger charge is -2.08. The number of fused-ring (bicyclic) bond motifs is 1. The fourth-order valence-electron chi connectivity index (χ4n) is 1.92. The van der Waals surface area contributed by atoms with E-state index >= 15 is 0 Å². The standard InChI is InChI=1S/C15H10Cl2N2S/c16-11-4-3-9(8-12(11)17)20-14-6-5-13(18)15-10(14)2-1-7-19-15/h1-8H,18H2. The Morgan fingerprint density at radius 1 is 1.00 bits per heavy atom. The van der Waals surface area contributed by atoms with E-state index in [4.69, 9.17) is 28.9 Å². The van der Waals surface area contributed by atoms with Crippen molar-refractivity contribution in [2.24, 2.45) is 0 Å². The van der Waals surface area contributed by atoms with Crippen molar-refractivity contribution >= 4 is 51.6 Å². The van der Waals surface area contributed by atoms with Crippen molar-refractivity contribution in [1.82, 2.24) is 4.98 Å². The van der Waals surface area contributed by atoms with Gasteiger partial charge in [-0.05, 0) is 36.4 Å². The van der Waals surface area contributed by atoms with Crippen molar-refractivity contribution in [1.29, 1.82) is 0 Å². The fraction of sp³-hybridized carbons (Fsp3) is 0. The molecule has 3 aromatic rings. The quantitative estimate of drug-likeness (QED) is 0.653. The molecule has 2 nitrogen and oxygen atoms in total. The average Bonchev–Trinajstić information content (AvgIpc) is 2.46. The number of benzene rings is 2. The molecule has 1 heterocycles. The minimum atomic E-state index is 0.551. The highest BCUT2D eigenvalue weighted by atomic mass is 35.5. The van der Waals surface area contributed by atoms with Crippen LogP contribution in [0.4, 0.5) is 5.69 Å². The van der Waals surface area contributed by atoms with Crippen LogP contribution in [0.2, 0.25) is 10.0 Å². The second-order valence-electron chi connectivity index (χ2n) is 4.23. The zero-order valence-corrected chi connectivity index (χ0v) is 12.6. The van der Waals surface area contributed by atoms with Gasteiger partial charge in [-0.1, -0.05) is 41.0 Å². The molecule has 0 saturated heterocycles. The van der Waals surface area contributed by atoms with E-state index in [9.17, 15) is 0 Å². The first kappa shape index (κ1) is 13.6. The largest absolute Gasteiger partial charge is 0.397 e. The first-order valence-corrected chi connectivity index (χ1v) is 7.48. The second-order valence-corrected chi connectivity index (χ2v) is 6.16. The van der Waals surface area contributed by atoms with Crippen LogP contribution in [0.5, 0.6) is 0 Å². The maximum Gasteiger partial charge on any atom is 0.0942 e. The highest BCUT2D eigenvalue weighted by Gasteiger charge is 2.07. The zero-order valence-electron chi connectivity index (χ0n) is 10.3. The van der Waals surface area contributed by atoms with E-state index < -0.39 is 0 Å². The number of anilines is 1. The molecule has 0 bridgehead atoms. The fourth-order valence-corrected chi connectivity index (χ4v) is 3.26. The summed E-state index contributed by atoms with van der Waals surface area (Å²) in [4.78, 5) is 6.44. The van der Waals surface area contributed by atoms with Crippen LogP contribution in [-0.2, 0) is 0 Å². The number of pyridine rings is 1. The number of aromatic nitrogens is 1. The van der Waals surface area contributed by atoms with Crippen molar-refractivity contribution in [3.63, 3.8) is 0 Å². The van der Waals surface area contributed by atoms with Crippen molar-refractivity contribution in [3.8, 4) is 0 Å². The average molecular weight is 321 g/mol. The lowest BCUT2D eigenvalue weighted by atomic mass is 10.2. The van der Waals surface area contributed by atoms with E-state index in [1.54, 1.807) is 24.0 Å². The first-order valence-electron chi connectivity index (χ1n) is 5.91. The number of hydrogen-bond acceptors (Lipinski definition) is 3. The molecule has 2 N–H and O–H groups in total. The van der Waals surface area contributed by atoms with E-state index in [1.807, 2.05) is 36.4 Å². The molecule has 0 spiro atoms. The number of hydrogen-bond donors (Lipinski definition) is 1. The second kappa shape index (κ2) is 5.52. The molecule has 0 fully saturated rings. The maximum atomic E-state index is 6.05. The van der Waals surface area contributed by atoms with Gasteiger partial charge in [0.25, 0.3) is 0 Å². The Kier molecular flexibility index (Phi) is 3.74. The number of halogens is 2. The lowest BCUT2D eigenvalue weighted by Crippen LogP contribution is -1.90. The van der Waals surface area contributed by atoms with Gasteiger partial charge in [0.05, 0.1) is 21.2 Å². The van der Waals surface area contributed by atoms with Crippen LogP contribution in [0.15, 0.2) is 58.5 Å². The van der Waals surface area contributed by atoms with Crippen molar-refractivity contribution in [2.75, 3.05) is 5.73 Å². The third-order valence-electron chi connectivity index (χ3n) is 2.88. The molecule has 0 atom stereocenters. The summed E-state index contributed by atoms with van der Waals surface area (Å²) in [6.45, 7) is 0. The van der Waals surface area contributed by atoms with Crippen molar-refractivity contribution in [2.45, 2.75) is 9.79 Å². The molecule has 0 amide bonds. The molecule has 20 heavy (non-hydrogen) atoms. The van der Waals surface area contributed by atoms with Gasteiger partial charge in [0.15, 0.2) is 0 Å². The van der Waals surface area contributed by atoms with E-state index in [-0.39, 0.29) is 0 Å². The normalized spacial score (nSPS) is 10.9. The molecule has 0 unspecified atom stereocenters. The maximum absolute atomic E-state index is 6.05. The predicted molar refractivity (Wildman–Crippen MR) is 86.7 cm³/mol. The molecule has 0 aliphatic rings. The summed E-state index contributed by atoms with van der Waals surface area (Å²) >= 11 is 13.6. The van der Waals surface area contributed by atoms with Gasteiger partial charge in [-0.25, -0.2) is 0 Å². The minimum absolute atomic E-state index is 0.551. The van der Waals surface area contributed by atoms with Crippen LogP contribution in [0.3, 0.4) is 0 Å². The number of nitrogens with zero attached hydrogens (tertiary/aromatic N) is 1. The van der Waals surface area contributed by atoms with E-state index in [0.29, 0.717) is 15.7 Å². The molecule has 1 aromatic heterocycles. The molecule has 100 valence electrons. The topological polar surface area (TPSA) is 38.9 Å². The molecule has 0 aliphatic carbocycles. The smallest absolute Gasteiger partial charge is 0.0942 e. The first-order chi connectivity index (χ1) is 9.65. The van der Waals surface area contributed by atoms with Gasteiger partial charge in [-0.3, -0.25) is 4.98 Å². The summed E-state index contributed by atoms with van der Waals surface area (Å²) in [6.07, 6.45) is 1.74. The van der Waals surface area contributed by atoms with Gasteiger partial charge in [0.1, 0.15) is 0 Å². The van der Waals surface area contributed by atoms with E-state index in [0.717, 1.165) is 20.7 Å². The molecule has 2 aromatic carbocycles. The van der Waals surface area contributed by atoms with E-state index in [1.165, 1.54) is 0 Å². The Labute approximate surface area is 130 Å². The highest BCUT2D eigenvalue weighted by Crippen LogP contribution is 2.37. The summed E-state index contributed by atoms with van der Waals surface area (Å²) in [6, 6.07) is 13.4. The van der Waals surface area contributed by atoms with Crippen LogP contribution in [-0.4, -0.2) is 4.98 Å². The molecular formula is C15H10Cl2N2S. The van der Waals surface area contributed by atoms with Crippen LogP contribution in [0.25, 0.3) is 10.9 Å². The van der Waals surface area contributed by atoms with Gasteiger partial charge in [0, 0.05) is 21.4 Å². The minimum Gasteiger partial charge on any atom is -0.397 e. The Bertz CT molecular complexity index is 790. The Morgan fingerprint density at radius 2 is 1.85 bits per heavy atom. The van der Waals surface area contributed by atoms with Crippen molar-refractivity contribution in [3.05, 3.63) is 58.7 Å². The molecule has 5 heteroatoms. The number of rotatable bonds is 2. The summed E-state index contributed by atoms with van der Waals surface area (Å²) < 4.78 is 0. The molecule has 0 aliphatic heterocycles. The monoisotopic (exact) mass is 320 g/mol. The van der Waals surface area contributed by atoms with Crippen LogP contribution >= 0.6 is 35.0 Å². The van der Waals surface area contributed by atoms with Crippen LogP contribution < -0.4 is 5.73 Å². The number of nitrogens with two attached hydrogens (primary N) is 1. The molecular weight excluding hydrogens is 311 g/mol. The van der Waals surface area contributed by atoms with Gasteiger partial charge in [-0.15, -0.1) is 0 Å². The van der Waals surface area contributed by atoms with Crippen LogP contribution in [0.1, 0.15) is 0 Å². The number of nitrogen functional groups attached to an aromatic ring is 1. The summed E-state index contributed by atoms with van der Waals surface area (Å²) in [5, 5.41) is 2.14. The third-order valence-corrected chi connectivity index (χ3v) is 4.68. The van der Waals surface area contributed by atoms with Gasteiger partial charge in [0.2, 0.25) is 0 Å². The van der Waals surface area contributed by atoms with Gasteiger partial charge >= 0.3 is 0 Å². The summed E-state index contributed by atoms with van der Waals surface area (Å²) in [7, 11) is 0. The third kappa shape index (κ3) is 2.57. The summed E-state index contributed by atoms with van der Waals surface area (Å²) in [5.41, 5.74) is 7.45. The van der Waals surface area contributed by atoms with E-state index in [2.05, 4.69) is 4.98 Å². The summed E-state index contributed by atoms with van der Waals surface area (Å²) in [5.74, 6) is 0. The van der Waals surface area contributed by atoms with Crippen molar-refractivity contribution < 1.29 is 0 Å². The lowest BCUT2D eigenvalue weighted by molar-refractivity contribution is 1.38. The Morgan fingerprint density at radius 3 is 2.65 bits per heavy atom. The molecule has 0 radical (unpaired) electrons. The Hall–Kier alpha value is -1.42. The zero-order chi connectivity index (χ0) is 14.1.